The van der Waals surface area contributed by atoms with Crippen molar-refractivity contribution in [2.24, 2.45) is 4.99 Å². The Labute approximate surface area is 188 Å². The quantitative estimate of drug-likeness (QED) is 0.504. The van der Waals surface area contributed by atoms with Gasteiger partial charge in [-0.15, -0.1) is 0 Å². The van der Waals surface area contributed by atoms with Crippen LogP contribution in [0.15, 0.2) is 55.2 Å². The molecule has 0 aliphatic carbocycles. The number of carbonyl (C=O) groups is 2. The maximum Gasteiger partial charge on any atom is 0.335 e. The van der Waals surface area contributed by atoms with E-state index in [0.717, 1.165) is 14.5 Å². The predicted octanol–water partition coefficient (Wildman–Crippen LogP) is 5.54. The molecule has 1 aliphatic rings. The number of amidine groups is 1. The zero-order valence-electron chi connectivity index (χ0n) is 15.5. The summed E-state index contributed by atoms with van der Waals surface area (Å²) < 4.78 is 7.09. The number of rotatable bonds is 5. The highest BCUT2D eigenvalue weighted by Crippen LogP contribution is 2.38. The van der Waals surface area contributed by atoms with Crippen LogP contribution in [0.3, 0.4) is 0 Å². The Balaban J connectivity index is 1.97. The van der Waals surface area contributed by atoms with Gasteiger partial charge in [0.05, 0.1) is 27.7 Å². The van der Waals surface area contributed by atoms with E-state index in [1.807, 2.05) is 19.1 Å². The van der Waals surface area contributed by atoms with Gasteiger partial charge in [0, 0.05) is 16.6 Å². The SMILES string of the molecule is CCN1C(=O)/C(=C/c2cc(Br)cc(Br)c2OC)SC1=Nc1ccc(C(=O)O)cc1. The van der Waals surface area contributed by atoms with E-state index >= 15 is 0 Å². The van der Waals surface area contributed by atoms with Crippen molar-refractivity contribution in [3.8, 4) is 5.75 Å². The molecule has 0 radical (unpaired) electrons. The van der Waals surface area contributed by atoms with Crippen molar-refractivity contribution in [1.29, 1.82) is 0 Å². The lowest BCUT2D eigenvalue weighted by Crippen LogP contribution is -2.28. The van der Waals surface area contributed by atoms with Gasteiger partial charge < -0.3 is 9.84 Å². The summed E-state index contributed by atoms with van der Waals surface area (Å²) in [6.45, 7) is 2.34. The van der Waals surface area contributed by atoms with Crippen LogP contribution in [0, 0.1) is 0 Å². The third kappa shape index (κ3) is 4.73. The summed E-state index contributed by atoms with van der Waals surface area (Å²) in [6.07, 6.45) is 1.78. The predicted molar refractivity (Wildman–Crippen MR) is 122 cm³/mol. The van der Waals surface area contributed by atoms with E-state index < -0.39 is 5.97 Å². The highest BCUT2D eigenvalue weighted by Gasteiger charge is 2.32. The molecule has 0 spiro atoms. The van der Waals surface area contributed by atoms with Crippen molar-refractivity contribution in [2.45, 2.75) is 6.92 Å². The van der Waals surface area contributed by atoms with Gasteiger partial charge in [-0.2, -0.15) is 0 Å². The Morgan fingerprint density at radius 2 is 1.97 bits per heavy atom. The lowest BCUT2D eigenvalue weighted by Gasteiger charge is -2.12. The summed E-state index contributed by atoms with van der Waals surface area (Å²) in [5.41, 5.74) is 1.52. The zero-order chi connectivity index (χ0) is 21.1. The number of methoxy groups -OCH3 is 1. The molecule has 1 saturated heterocycles. The summed E-state index contributed by atoms with van der Waals surface area (Å²) in [7, 11) is 1.58. The summed E-state index contributed by atoms with van der Waals surface area (Å²) in [6, 6.07) is 9.95. The molecule has 1 N–H and O–H groups in total. The Hall–Kier alpha value is -2.10. The fourth-order valence-electron chi connectivity index (χ4n) is 2.70. The maximum absolute atomic E-state index is 12.9. The molecule has 6 nitrogen and oxygen atoms in total. The number of hydrogen-bond acceptors (Lipinski definition) is 5. The van der Waals surface area contributed by atoms with Crippen molar-refractivity contribution in [1.82, 2.24) is 4.90 Å². The first kappa shape index (κ1) is 21.6. The van der Waals surface area contributed by atoms with Crippen molar-refractivity contribution >= 4 is 72.4 Å². The van der Waals surface area contributed by atoms with Gasteiger partial charge in [-0.1, -0.05) is 15.9 Å². The van der Waals surface area contributed by atoms with Crippen molar-refractivity contribution < 1.29 is 19.4 Å². The van der Waals surface area contributed by atoms with Gasteiger partial charge in [0.2, 0.25) is 0 Å². The number of halogens is 2. The molecule has 0 atom stereocenters. The maximum atomic E-state index is 12.9. The average molecular weight is 540 g/mol. The molecule has 0 aromatic heterocycles. The smallest absolute Gasteiger partial charge is 0.335 e. The highest BCUT2D eigenvalue weighted by molar-refractivity contribution is 9.11. The first-order chi connectivity index (χ1) is 13.8. The molecular weight excluding hydrogens is 524 g/mol. The van der Waals surface area contributed by atoms with Crippen LogP contribution < -0.4 is 4.74 Å². The minimum absolute atomic E-state index is 0.142. The van der Waals surface area contributed by atoms with E-state index in [2.05, 4.69) is 36.9 Å². The molecule has 1 fully saturated rings. The normalized spacial score (nSPS) is 16.7. The van der Waals surface area contributed by atoms with E-state index in [0.29, 0.717) is 28.1 Å². The summed E-state index contributed by atoms with van der Waals surface area (Å²) >= 11 is 8.19. The Kier molecular flexibility index (Phi) is 6.81. The zero-order valence-corrected chi connectivity index (χ0v) is 19.5. The monoisotopic (exact) mass is 538 g/mol. The van der Waals surface area contributed by atoms with Gasteiger partial charge in [-0.05, 0) is 77.1 Å². The second kappa shape index (κ2) is 9.15. The van der Waals surface area contributed by atoms with Crippen LogP contribution in [0.25, 0.3) is 6.08 Å². The molecule has 1 amide bonds. The minimum atomic E-state index is -0.996. The van der Waals surface area contributed by atoms with Crippen LogP contribution >= 0.6 is 43.6 Å². The number of aliphatic imine (C=N–C) groups is 1. The summed E-state index contributed by atoms with van der Waals surface area (Å²) in [5.74, 6) is -0.507. The largest absolute Gasteiger partial charge is 0.495 e. The Morgan fingerprint density at radius 3 is 2.55 bits per heavy atom. The van der Waals surface area contributed by atoms with Gasteiger partial charge in [-0.3, -0.25) is 9.69 Å². The second-order valence-electron chi connectivity index (χ2n) is 5.92. The molecular formula is C20H16Br2N2O4S. The third-order valence-corrected chi connectivity index (χ3v) is 6.12. The number of ether oxygens (including phenoxy) is 1. The van der Waals surface area contributed by atoms with Crippen LogP contribution in [-0.4, -0.2) is 40.7 Å². The van der Waals surface area contributed by atoms with Crippen molar-refractivity contribution in [3.63, 3.8) is 0 Å². The van der Waals surface area contributed by atoms with Gasteiger partial charge in [0.15, 0.2) is 5.17 Å². The number of carboxylic acids is 1. The van der Waals surface area contributed by atoms with E-state index in [9.17, 15) is 9.59 Å². The van der Waals surface area contributed by atoms with Gasteiger partial charge >= 0.3 is 5.97 Å². The number of aromatic carboxylic acids is 1. The molecule has 0 unspecified atom stereocenters. The molecule has 3 rings (SSSR count). The molecule has 29 heavy (non-hydrogen) atoms. The number of nitrogens with zero attached hydrogens (tertiary/aromatic N) is 2. The first-order valence-corrected chi connectivity index (χ1v) is 10.9. The molecule has 2 aromatic carbocycles. The average Bonchev–Trinajstić information content (AvgIpc) is 2.96. The number of carboxylic acid groups (broad SMARTS) is 1. The molecule has 1 aliphatic heterocycles. The highest BCUT2D eigenvalue weighted by atomic mass is 79.9. The molecule has 1 heterocycles. The molecule has 0 saturated carbocycles. The van der Waals surface area contributed by atoms with Crippen LogP contribution in [0.1, 0.15) is 22.8 Å². The van der Waals surface area contributed by atoms with E-state index in [1.54, 1.807) is 30.2 Å². The molecule has 0 bridgehead atoms. The van der Waals surface area contributed by atoms with Crippen LogP contribution in [0.5, 0.6) is 5.75 Å². The Bertz CT molecular complexity index is 1040. The summed E-state index contributed by atoms with van der Waals surface area (Å²) in [5, 5.41) is 9.56. The van der Waals surface area contributed by atoms with Crippen molar-refractivity contribution in [2.75, 3.05) is 13.7 Å². The number of amides is 1. The standard InChI is InChI=1S/C20H16Br2N2O4S/c1-3-24-18(25)16(9-12-8-13(21)10-15(22)17(12)28-2)29-20(24)23-14-6-4-11(5-7-14)19(26)27/h4-10H,3H2,1-2H3,(H,26,27)/b16-9-,23-20?. The molecule has 150 valence electrons. The number of likely N-dealkylation sites (N-methyl/N-ethyl adjacent to an activating group) is 1. The lowest BCUT2D eigenvalue weighted by atomic mass is 10.2. The van der Waals surface area contributed by atoms with Gasteiger partial charge in [-0.25, -0.2) is 9.79 Å². The fraction of sp³-hybridized carbons (Fsp3) is 0.150. The van der Waals surface area contributed by atoms with Crippen molar-refractivity contribution in [3.05, 3.63) is 61.4 Å². The number of carbonyl (C=O) groups excluding carboxylic acids is 1. The van der Waals surface area contributed by atoms with E-state index in [4.69, 9.17) is 9.84 Å². The summed E-state index contributed by atoms with van der Waals surface area (Å²) in [4.78, 5) is 30.5. The third-order valence-electron chi connectivity index (χ3n) is 4.07. The second-order valence-corrected chi connectivity index (χ2v) is 8.70. The van der Waals surface area contributed by atoms with Gasteiger partial charge in [0.25, 0.3) is 5.91 Å². The Morgan fingerprint density at radius 1 is 1.28 bits per heavy atom. The minimum Gasteiger partial charge on any atom is -0.495 e. The number of thioether (sulfide) groups is 1. The molecule has 9 heteroatoms. The van der Waals surface area contributed by atoms with Crippen LogP contribution in [0.4, 0.5) is 5.69 Å². The lowest BCUT2D eigenvalue weighted by molar-refractivity contribution is -0.122. The van der Waals surface area contributed by atoms with E-state index in [-0.39, 0.29) is 11.5 Å². The number of benzene rings is 2. The van der Waals surface area contributed by atoms with Crippen LogP contribution in [-0.2, 0) is 4.79 Å². The van der Waals surface area contributed by atoms with E-state index in [1.165, 1.54) is 23.9 Å². The topological polar surface area (TPSA) is 79.2 Å². The molecule has 2 aromatic rings. The first-order valence-electron chi connectivity index (χ1n) is 8.50. The van der Waals surface area contributed by atoms with Crippen LogP contribution in [0.2, 0.25) is 0 Å². The van der Waals surface area contributed by atoms with Gasteiger partial charge in [0.1, 0.15) is 5.75 Å². The number of hydrogen-bond donors (Lipinski definition) is 1. The fourth-order valence-corrected chi connectivity index (χ4v) is 5.18.